The van der Waals surface area contributed by atoms with Crippen molar-refractivity contribution in [2.75, 3.05) is 5.32 Å². The molecule has 0 saturated heterocycles. The third kappa shape index (κ3) is 5.88. The van der Waals surface area contributed by atoms with Crippen LogP contribution in [0.4, 0.5) is 5.69 Å². The first kappa shape index (κ1) is 22.7. The summed E-state index contributed by atoms with van der Waals surface area (Å²) < 4.78 is 0. The van der Waals surface area contributed by atoms with Gasteiger partial charge >= 0.3 is 0 Å². The van der Waals surface area contributed by atoms with Crippen LogP contribution in [0.1, 0.15) is 42.0 Å². The maximum absolute atomic E-state index is 13.2. The quantitative estimate of drug-likeness (QED) is 0.515. The molecule has 0 spiro atoms. The van der Waals surface area contributed by atoms with E-state index in [9.17, 15) is 9.59 Å². The molecule has 0 aliphatic carbocycles. The van der Waals surface area contributed by atoms with E-state index in [-0.39, 0.29) is 17.9 Å². The molecule has 1 aliphatic rings. The number of amides is 2. The van der Waals surface area contributed by atoms with Crippen molar-refractivity contribution in [1.82, 2.24) is 10.6 Å². The van der Waals surface area contributed by atoms with Crippen LogP contribution in [0.2, 0.25) is 0 Å². The number of nitrogens with one attached hydrogen (secondary N) is 3. The molecular formula is C28H31N3O2. The molecule has 170 valence electrons. The Hall–Kier alpha value is -3.44. The van der Waals surface area contributed by atoms with Crippen molar-refractivity contribution in [3.05, 3.63) is 101 Å². The van der Waals surface area contributed by atoms with Crippen LogP contribution in [0.5, 0.6) is 0 Å². The highest BCUT2D eigenvalue weighted by Crippen LogP contribution is 2.19. The number of fused-ring (bicyclic) bond motifs is 1. The van der Waals surface area contributed by atoms with E-state index in [1.165, 1.54) is 16.7 Å². The van der Waals surface area contributed by atoms with Crippen molar-refractivity contribution in [2.24, 2.45) is 0 Å². The summed E-state index contributed by atoms with van der Waals surface area (Å²) in [5.41, 5.74) is 5.32. The molecular weight excluding hydrogens is 410 g/mol. The smallest absolute Gasteiger partial charge is 0.247 e. The summed E-state index contributed by atoms with van der Waals surface area (Å²) in [6.07, 6.45) is 1.03. The van der Waals surface area contributed by atoms with Gasteiger partial charge in [-0.05, 0) is 46.7 Å². The van der Waals surface area contributed by atoms with Crippen molar-refractivity contribution in [3.63, 3.8) is 0 Å². The van der Waals surface area contributed by atoms with E-state index in [4.69, 9.17) is 0 Å². The number of carbonyl (C=O) groups excluding carboxylic acids is 2. The Kier molecular flexibility index (Phi) is 7.20. The monoisotopic (exact) mass is 441 g/mol. The molecule has 2 amide bonds. The summed E-state index contributed by atoms with van der Waals surface area (Å²) in [4.78, 5) is 26.3. The highest BCUT2D eigenvalue weighted by molar-refractivity contribution is 5.98. The molecule has 0 fully saturated rings. The maximum atomic E-state index is 13.2. The fourth-order valence-corrected chi connectivity index (χ4v) is 4.15. The Morgan fingerprint density at radius 2 is 1.58 bits per heavy atom. The van der Waals surface area contributed by atoms with E-state index in [0.717, 1.165) is 11.3 Å². The summed E-state index contributed by atoms with van der Waals surface area (Å²) in [5, 5.41) is 9.29. The molecule has 0 aromatic heterocycles. The largest absolute Gasteiger partial charge is 0.343 e. The fraction of sp³-hybridized carbons (Fsp3) is 0.286. The first-order valence-corrected chi connectivity index (χ1v) is 11.5. The predicted octanol–water partition coefficient (Wildman–Crippen LogP) is 4.19. The lowest BCUT2D eigenvalue weighted by Crippen LogP contribution is -2.53. The lowest BCUT2D eigenvalue weighted by molar-refractivity contribution is -0.128. The lowest BCUT2D eigenvalue weighted by atomic mass is 9.95. The number of benzene rings is 3. The van der Waals surface area contributed by atoms with Gasteiger partial charge in [-0.3, -0.25) is 9.59 Å². The maximum Gasteiger partial charge on any atom is 0.247 e. The standard InChI is InChI=1S/C28H31N3O2/c1-19(2)21-12-14-24(15-13-21)30-28(33)26(16-20-8-4-3-5-9-20)31-27(32)25-17-22-10-6-7-11-23(22)18-29-25/h3-15,19,25-26,29H,16-18H2,1-2H3,(H,30,33)(H,31,32)/t25-,26+/m0/s1. The van der Waals surface area contributed by atoms with Crippen molar-refractivity contribution in [1.29, 1.82) is 0 Å². The van der Waals surface area contributed by atoms with Crippen LogP contribution in [-0.4, -0.2) is 23.9 Å². The predicted molar refractivity (Wildman–Crippen MR) is 132 cm³/mol. The molecule has 2 atom stereocenters. The van der Waals surface area contributed by atoms with E-state index in [2.05, 4.69) is 41.9 Å². The molecule has 3 aromatic rings. The van der Waals surface area contributed by atoms with Gasteiger partial charge < -0.3 is 16.0 Å². The fourth-order valence-electron chi connectivity index (χ4n) is 4.15. The lowest BCUT2D eigenvalue weighted by Gasteiger charge is -2.27. The summed E-state index contributed by atoms with van der Waals surface area (Å²) in [6, 6.07) is 24.7. The zero-order valence-electron chi connectivity index (χ0n) is 19.2. The zero-order valence-corrected chi connectivity index (χ0v) is 19.2. The van der Waals surface area contributed by atoms with Crippen LogP contribution < -0.4 is 16.0 Å². The second kappa shape index (κ2) is 10.5. The molecule has 0 unspecified atom stereocenters. The molecule has 5 heteroatoms. The summed E-state index contributed by atoms with van der Waals surface area (Å²) in [6.45, 7) is 4.92. The zero-order chi connectivity index (χ0) is 23.2. The second-order valence-electron chi connectivity index (χ2n) is 8.92. The average molecular weight is 442 g/mol. The number of rotatable bonds is 7. The van der Waals surface area contributed by atoms with E-state index in [1.807, 2.05) is 66.7 Å². The highest BCUT2D eigenvalue weighted by atomic mass is 16.2. The molecule has 3 N–H and O–H groups in total. The minimum absolute atomic E-state index is 0.157. The van der Waals surface area contributed by atoms with Crippen molar-refractivity contribution in [2.45, 2.75) is 51.2 Å². The van der Waals surface area contributed by atoms with Gasteiger partial charge in [0.05, 0.1) is 6.04 Å². The van der Waals surface area contributed by atoms with Crippen LogP contribution in [0.3, 0.4) is 0 Å². The van der Waals surface area contributed by atoms with Gasteiger partial charge in [0.15, 0.2) is 0 Å². The molecule has 0 radical (unpaired) electrons. The van der Waals surface area contributed by atoms with E-state index < -0.39 is 6.04 Å². The van der Waals surface area contributed by atoms with Gasteiger partial charge in [0, 0.05) is 18.7 Å². The molecule has 1 heterocycles. The van der Waals surface area contributed by atoms with Crippen LogP contribution in [0, 0.1) is 0 Å². The number of hydrogen-bond acceptors (Lipinski definition) is 3. The van der Waals surface area contributed by atoms with Crippen LogP contribution in [0.25, 0.3) is 0 Å². The van der Waals surface area contributed by atoms with Gasteiger partial charge in [-0.1, -0.05) is 80.6 Å². The Labute approximate surface area is 195 Å². The Morgan fingerprint density at radius 1 is 0.909 bits per heavy atom. The number of anilines is 1. The average Bonchev–Trinajstić information content (AvgIpc) is 2.84. The van der Waals surface area contributed by atoms with Gasteiger partial charge in [-0.25, -0.2) is 0 Å². The summed E-state index contributed by atoms with van der Waals surface area (Å²) >= 11 is 0. The Morgan fingerprint density at radius 3 is 2.27 bits per heavy atom. The Bertz CT molecular complexity index is 1090. The third-order valence-corrected chi connectivity index (χ3v) is 6.16. The number of carbonyl (C=O) groups is 2. The minimum Gasteiger partial charge on any atom is -0.343 e. The van der Waals surface area contributed by atoms with Crippen LogP contribution in [0.15, 0.2) is 78.9 Å². The van der Waals surface area contributed by atoms with E-state index >= 15 is 0 Å². The molecule has 4 rings (SSSR count). The van der Waals surface area contributed by atoms with E-state index in [0.29, 0.717) is 25.3 Å². The van der Waals surface area contributed by atoms with Gasteiger partial charge in [-0.15, -0.1) is 0 Å². The van der Waals surface area contributed by atoms with Gasteiger partial charge in [0.2, 0.25) is 11.8 Å². The van der Waals surface area contributed by atoms with Crippen molar-refractivity contribution < 1.29 is 9.59 Å². The van der Waals surface area contributed by atoms with Gasteiger partial charge in [-0.2, -0.15) is 0 Å². The van der Waals surface area contributed by atoms with E-state index in [1.54, 1.807) is 0 Å². The summed E-state index contributed by atoms with van der Waals surface area (Å²) in [5.74, 6) is 0.0458. The molecule has 3 aromatic carbocycles. The number of hydrogen-bond donors (Lipinski definition) is 3. The van der Waals surface area contributed by atoms with Crippen molar-refractivity contribution >= 4 is 17.5 Å². The molecule has 0 saturated carbocycles. The molecule has 0 bridgehead atoms. The van der Waals surface area contributed by atoms with Gasteiger partial charge in [0.25, 0.3) is 0 Å². The highest BCUT2D eigenvalue weighted by Gasteiger charge is 2.28. The SMILES string of the molecule is CC(C)c1ccc(NC(=O)[C@@H](Cc2ccccc2)NC(=O)[C@@H]2Cc3ccccc3CN2)cc1. The van der Waals surface area contributed by atoms with Crippen LogP contribution in [-0.2, 0) is 29.0 Å². The van der Waals surface area contributed by atoms with Crippen LogP contribution >= 0.6 is 0 Å². The molecule has 1 aliphatic heterocycles. The first-order chi connectivity index (χ1) is 16.0. The molecule has 33 heavy (non-hydrogen) atoms. The first-order valence-electron chi connectivity index (χ1n) is 11.5. The third-order valence-electron chi connectivity index (χ3n) is 6.16. The molecule has 5 nitrogen and oxygen atoms in total. The van der Waals surface area contributed by atoms with Crippen molar-refractivity contribution in [3.8, 4) is 0 Å². The van der Waals surface area contributed by atoms with Gasteiger partial charge in [0.1, 0.15) is 6.04 Å². The topological polar surface area (TPSA) is 70.2 Å². The normalized spacial score (nSPS) is 16.0. The minimum atomic E-state index is -0.677. The second-order valence-corrected chi connectivity index (χ2v) is 8.92. The summed E-state index contributed by atoms with van der Waals surface area (Å²) in [7, 11) is 0. The Balaban J connectivity index is 1.47.